The summed E-state index contributed by atoms with van der Waals surface area (Å²) in [5.41, 5.74) is 2.79. The van der Waals surface area contributed by atoms with Crippen LogP contribution in [0.5, 0.6) is 5.88 Å². The van der Waals surface area contributed by atoms with E-state index in [4.69, 9.17) is 9.72 Å². The van der Waals surface area contributed by atoms with Crippen molar-refractivity contribution in [2.24, 2.45) is 5.92 Å². The number of rotatable bonds is 9. The van der Waals surface area contributed by atoms with Gasteiger partial charge >= 0.3 is 0 Å². The first kappa shape index (κ1) is 31.2. The average Bonchev–Trinajstić information content (AvgIpc) is 3.06. The van der Waals surface area contributed by atoms with Crippen LogP contribution >= 0.6 is 15.9 Å². The molecule has 6 aromatic rings. The van der Waals surface area contributed by atoms with E-state index < -0.39 is 29.1 Å². The van der Waals surface area contributed by atoms with Crippen LogP contribution in [0.1, 0.15) is 39.8 Å². The second-order valence-corrected chi connectivity index (χ2v) is 13.0. The van der Waals surface area contributed by atoms with Crippen LogP contribution in [0.2, 0.25) is 0 Å². The Morgan fingerprint density at radius 3 is 1.87 bits per heavy atom. The van der Waals surface area contributed by atoms with E-state index in [2.05, 4.69) is 45.1 Å². The van der Waals surface area contributed by atoms with Crippen LogP contribution in [-0.2, 0) is 5.60 Å². The Bertz CT molecular complexity index is 1950. The molecule has 0 bridgehead atoms. The van der Waals surface area contributed by atoms with Gasteiger partial charge in [0.05, 0.1) is 18.7 Å². The summed E-state index contributed by atoms with van der Waals surface area (Å²) in [6.45, 7) is 0.947. The lowest BCUT2D eigenvalue weighted by atomic mass is 9.64. The molecular formula is C40H33BrF2N2O2. The molecule has 47 heavy (non-hydrogen) atoms. The average molecular weight is 692 g/mol. The van der Waals surface area contributed by atoms with Crippen LogP contribution < -0.4 is 4.74 Å². The number of hydrogen-bond donors (Lipinski definition) is 1. The maximum absolute atomic E-state index is 15.1. The van der Waals surface area contributed by atoms with E-state index in [9.17, 15) is 5.11 Å². The van der Waals surface area contributed by atoms with Gasteiger partial charge in [-0.25, -0.2) is 13.8 Å². The first-order valence-corrected chi connectivity index (χ1v) is 16.4. The highest BCUT2D eigenvalue weighted by Gasteiger charge is 2.53. The summed E-state index contributed by atoms with van der Waals surface area (Å²) in [6.07, 6.45) is 0. The van der Waals surface area contributed by atoms with Crippen LogP contribution in [-0.4, -0.2) is 35.2 Å². The van der Waals surface area contributed by atoms with Crippen molar-refractivity contribution in [3.8, 4) is 5.88 Å². The van der Waals surface area contributed by atoms with Gasteiger partial charge in [-0.05, 0) is 58.7 Å². The highest BCUT2D eigenvalue weighted by atomic mass is 79.9. The number of aliphatic hydroxyl groups is 1. The third-order valence-corrected chi connectivity index (χ3v) is 9.79. The number of fused-ring (bicyclic) bond motifs is 1. The number of pyridine rings is 1. The SMILES string of the molecule is COc1nc2ccc(Br)cc2cc1C(c1ccccc1)C(O)(c1cc(F)cc(F)c1)C1CN(C(c2ccccc2)c2ccccc2)C1. The molecule has 1 aliphatic rings. The van der Waals surface area contributed by atoms with Crippen molar-refractivity contribution in [3.63, 3.8) is 0 Å². The van der Waals surface area contributed by atoms with Crippen molar-refractivity contribution in [2.45, 2.75) is 17.6 Å². The highest BCUT2D eigenvalue weighted by Crippen LogP contribution is 2.53. The third kappa shape index (κ3) is 5.95. The minimum atomic E-state index is -1.76. The lowest BCUT2D eigenvalue weighted by molar-refractivity contribution is -0.111. The number of aromatic nitrogens is 1. The second kappa shape index (κ2) is 13.0. The Labute approximate surface area is 281 Å². The molecule has 1 fully saturated rings. The monoisotopic (exact) mass is 690 g/mol. The highest BCUT2D eigenvalue weighted by molar-refractivity contribution is 9.10. The molecule has 0 saturated carbocycles. The Morgan fingerprint density at radius 1 is 0.766 bits per heavy atom. The Kier molecular flexibility index (Phi) is 8.62. The lowest BCUT2D eigenvalue weighted by Gasteiger charge is -2.54. The molecule has 2 heterocycles. The van der Waals surface area contributed by atoms with E-state index >= 15 is 8.78 Å². The van der Waals surface area contributed by atoms with Gasteiger partial charge in [-0.2, -0.15) is 0 Å². The molecule has 1 N–H and O–H groups in total. The molecule has 1 saturated heterocycles. The van der Waals surface area contributed by atoms with Gasteiger partial charge in [0.25, 0.3) is 0 Å². The maximum atomic E-state index is 15.1. The molecule has 0 amide bonds. The molecule has 236 valence electrons. The summed E-state index contributed by atoms with van der Waals surface area (Å²) in [7, 11) is 1.55. The van der Waals surface area contributed by atoms with Crippen molar-refractivity contribution in [1.29, 1.82) is 0 Å². The van der Waals surface area contributed by atoms with Crippen molar-refractivity contribution < 1.29 is 18.6 Å². The summed E-state index contributed by atoms with van der Waals surface area (Å²) in [6, 6.07) is 41.1. The topological polar surface area (TPSA) is 45.6 Å². The van der Waals surface area contributed by atoms with Gasteiger partial charge in [-0.1, -0.05) is 107 Å². The molecule has 1 aliphatic heterocycles. The first-order chi connectivity index (χ1) is 22.8. The van der Waals surface area contributed by atoms with Gasteiger partial charge in [0.15, 0.2) is 0 Å². The van der Waals surface area contributed by atoms with E-state index in [-0.39, 0.29) is 11.6 Å². The normalized spacial score (nSPS) is 15.7. The molecule has 7 rings (SSSR count). The maximum Gasteiger partial charge on any atom is 0.217 e. The number of hydrogen-bond acceptors (Lipinski definition) is 4. The van der Waals surface area contributed by atoms with E-state index in [0.29, 0.717) is 24.5 Å². The molecular weight excluding hydrogens is 658 g/mol. The third-order valence-electron chi connectivity index (χ3n) is 9.30. The quantitative estimate of drug-likeness (QED) is 0.165. The fourth-order valence-electron chi connectivity index (χ4n) is 7.14. The van der Waals surface area contributed by atoms with Crippen LogP contribution in [0.25, 0.3) is 10.9 Å². The summed E-state index contributed by atoms with van der Waals surface area (Å²) < 4.78 is 36.9. The largest absolute Gasteiger partial charge is 0.481 e. The molecule has 5 aromatic carbocycles. The molecule has 2 atom stereocenters. The van der Waals surface area contributed by atoms with Gasteiger partial charge in [-0.3, -0.25) is 4.90 Å². The van der Waals surface area contributed by atoms with Crippen molar-refractivity contribution in [2.75, 3.05) is 20.2 Å². The van der Waals surface area contributed by atoms with Crippen LogP contribution in [0, 0.1) is 17.6 Å². The Balaban J connectivity index is 1.40. The molecule has 1 aromatic heterocycles. The van der Waals surface area contributed by atoms with E-state index in [1.165, 1.54) is 12.1 Å². The van der Waals surface area contributed by atoms with Gasteiger partial charge in [-0.15, -0.1) is 0 Å². The summed E-state index contributed by atoms with van der Waals surface area (Å²) in [5.74, 6) is -2.35. The van der Waals surface area contributed by atoms with E-state index in [0.717, 1.165) is 38.1 Å². The van der Waals surface area contributed by atoms with E-state index in [1.54, 1.807) is 7.11 Å². The van der Waals surface area contributed by atoms with Gasteiger partial charge in [0.1, 0.15) is 17.2 Å². The number of ether oxygens (including phenoxy) is 1. The van der Waals surface area contributed by atoms with Gasteiger partial charge in [0, 0.05) is 46.4 Å². The molecule has 0 aliphatic carbocycles. The number of nitrogens with zero attached hydrogens (tertiary/aromatic N) is 2. The molecule has 0 spiro atoms. The standard InChI is InChI=1S/C40H33BrF2N2O2/c1-47-39-35(20-29-19-32(41)17-18-36(29)44-39)37(26-11-5-2-6-12-26)40(46,30-21-33(42)23-34(43)22-30)31-24-45(25-31)38(27-13-7-3-8-14-27)28-15-9-4-10-16-28/h2-23,31,37-38,46H,24-25H2,1H3. The van der Waals surface area contributed by atoms with Crippen molar-refractivity contribution >= 4 is 26.8 Å². The summed E-state index contributed by atoms with van der Waals surface area (Å²) >= 11 is 3.57. The van der Waals surface area contributed by atoms with Gasteiger partial charge < -0.3 is 9.84 Å². The van der Waals surface area contributed by atoms with E-state index in [1.807, 2.05) is 91.0 Å². The predicted octanol–water partition coefficient (Wildman–Crippen LogP) is 9.03. The number of benzene rings is 5. The zero-order chi connectivity index (χ0) is 32.5. The molecule has 2 unspecified atom stereocenters. The number of halogens is 3. The molecule has 7 heteroatoms. The zero-order valence-electron chi connectivity index (χ0n) is 25.7. The number of likely N-dealkylation sites (tertiary alicyclic amines) is 1. The van der Waals surface area contributed by atoms with Crippen molar-refractivity contribution in [1.82, 2.24) is 9.88 Å². The first-order valence-electron chi connectivity index (χ1n) is 15.6. The summed E-state index contributed by atoms with van der Waals surface area (Å²) in [4.78, 5) is 7.15. The van der Waals surface area contributed by atoms with Crippen molar-refractivity contribution in [3.05, 3.63) is 177 Å². The number of methoxy groups -OCH3 is 1. The van der Waals surface area contributed by atoms with Crippen LogP contribution in [0.4, 0.5) is 8.78 Å². The lowest BCUT2D eigenvalue weighted by Crippen LogP contribution is -2.59. The predicted molar refractivity (Wildman–Crippen MR) is 184 cm³/mol. The summed E-state index contributed by atoms with van der Waals surface area (Å²) in [5, 5.41) is 14.2. The Morgan fingerprint density at radius 2 is 1.32 bits per heavy atom. The fraction of sp³-hybridized carbons (Fsp3) is 0.175. The Hall–Kier alpha value is -4.43. The minimum Gasteiger partial charge on any atom is -0.481 e. The fourth-order valence-corrected chi connectivity index (χ4v) is 7.52. The smallest absolute Gasteiger partial charge is 0.217 e. The second-order valence-electron chi connectivity index (χ2n) is 12.1. The van der Waals surface area contributed by atoms with Crippen LogP contribution in [0.15, 0.2) is 138 Å². The van der Waals surface area contributed by atoms with Gasteiger partial charge in [0.2, 0.25) is 5.88 Å². The van der Waals surface area contributed by atoms with Crippen LogP contribution in [0.3, 0.4) is 0 Å². The molecule has 0 radical (unpaired) electrons. The zero-order valence-corrected chi connectivity index (χ0v) is 27.3. The minimum absolute atomic E-state index is 0.0634. The molecule has 4 nitrogen and oxygen atoms in total.